The predicted molar refractivity (Wildman–Crippen MR) is 131 cm³/mol. The van der Waals surface area contributed by atoms with Gasteiger partial charge in [0.05, 0.1) is 13.2 Å². The number of nitrogens with zero attached hydrogens (tertiary/aromatic N) is 3. The normalized spacial score (nSPS) is 20.8. The van der Waals surface area contributed by atoms with Crippen LogP contribution in [0.1, 0.15) is 36.9 Å². The number of carbonyl (C=O) groups is 1. The fourth-order valence-corrected chi connectivity index (χ4v) is 5.44. The van der Waals surface area contributed by atoms with Crippen molar-refractivity contribution in [3.63, 3.8) is 0 Å². The number of fused-ring (bicyclic) bond motifs is 1. The molecule has 0 saturated carbocycles. The van der Waals surface area contributed by atoms with E-state index in [2.05, 4.69) is 63.9 Å². The van der Waals surface area contributed by atoms with Gasteiger partial charge >= 0.3 is 0 Å². The van der Waals surface area contributed by atoms with Gasteiger partial charge in [-0.2, -0.15) is 0 Å². The smallest absolute Gasteiger partial charge is 0.226 e. The SMILES string of the molecule is Cc1ccc2[nH]c([C@@H]3CCCN(C(=O)[C@@H](C)CN4CCOCC4)C3)c(-c3ccncc3)c2c1. The summed E-state index contributed by atoms with van der Waals surface area (Å²) in [4.78, 5) is 25.8. The summed E-state index contributed by atoms with van der Waals surface area (Å²) in [6.07, 6.45) is 5.84. The Balaban J connectivity index is 1.40. The van der Waals surface area contributed by atoms with Gasteiger partial charge in [-0.25, -0.2) is 0 Å². The Labute approximate surface area is 195 Å². The number of aromatic amines is 1. The van der Waals surface area contributed by atoms with E-state index in [4.69, 9.17) is 4.74 Å². The fraction of sp³-hybridized carbons (Fsp3) is 0.481. The minimum absolute atomic E-state index is 0.00637. The third-order valence-corrected chi connectivity index (χ3v) is 7.15. The average Bonchev–Trinajstić information content (AvgIpc) is 3.23. The molecule has 1 N–H and O–H groups in total. The molecule has 0 bridgehead atoms. The molecule has 2 aliphatic rings. The predicted octanol–water partition coefficient (Wildman–Crippen LogP) is 4.21. The highest BCUT2D eigenvalue weighted by molar-refractivity contribution is 5.98. The number of piperidine rings is 1. The Morgan fingerprint density at radius 2 is 1.97 bits per heavy atom. The topological polar surface area (TPSA) is 61.5 Å². The number of ether oxygens (including phenoxy) is 1. The number of morpholine rings is 1. The molecule has 1 aromatic carbocycles. The van der Waals surface area contributed by atoms with Crippen molar-refractivity contribution in [3.8, 4) is 11.1 Å². The summed E-state index contributed by atoms with van der Waals surface area (Å²) < 4.78 is 5.46. The molecule has 6 nitrogen and oxygen atoms in total. The molecule has 2 aromatic heterocycles. The highest BCUT2D eigenvalue weighted by Gasteiger charge is 2.31. The third kappa shape index (κ3) is 4.68. The first-order valence-corrected chi connectivity index (χ1v) is 12.2. The van der Waals surface area contributed by atoms with E-state index in [1.54, 1.807) is 0 Å². The Bertz CT molecular complexity index is 1100. The number of amides is 1. The van der Waals surface area contributed by atoms with Crippen molar-refractivity contribution in [2.24, 2.45) is 5.92 Å². The molecular weight excluding hydrogens is 412 g/mol. The lowest BCUT2D eigenvalue weighted by molar-refractivity contribution is -0.137. The van der Waals surface area contributed by atoms with Crippen molar-refractivity contribution in [1.82, 2.24) is 19.8 Å². The first-order chi connectivity index (χ1) is 16.1. The van der Waals surface area contributed by atoms with Gasteiger partial charge in [0, 0.05) is 79.1 Å². The molecule has 0 spiro atoms. The molecule has 5 rings (SSSR count). The number of aryl methyl sites for hydroxylation is 1. The number of likely N-dealkylation sites (tertiary alicyclic amines) is 1. The zero-order valence-electron chi connectivity index (χ0n) is 19.7. The summed E-state index contributed by atoms with van der Waals surface area (Å²) in [5.41, 5.74) is 6.10. The number of nitrogens with one attached hydrogen (secondary N) is 1. The van der Waals surface area contributed by atoms with E-state index < -0.39 is 0 Å². The van der Waals surface area contributed by atoms with Gasteiger partial charge in [-0.05, 0) is 49.6 Å². The second kappa shape index (κ2) is 9.65. The van der Waals surface area contributed by atoms with Gasteiger partial charge in [0.15, 0.2) is 0 Å². The number of benzene rings is 1. The van der Waals surface area contributed by atoms with E-state index in [1.807, 2.05) is 12.4 Å². The Morgan fingerprint density at radius 1 is 1.18 bits per heavy atom. The summed E-state index contributed by atoms with van der Waals surface area (Å²) in [6.45, 7) is 10.0. The van der Waals surface area contributed by atoms with Gasteiger partial charge in [0.2, 0.25) is 5.91 Å². The summed E-state index contributed by atoms with van der Waals surface area (Å²) in [5.74, 6) is 0.588. The monoisotopic (exact) mass is 446 g/mol. The molecule has 3 aromatic rings. The van der Waals surface area contributed by atoms with Crippen molar-refractivity contribution >= 4 is 16.8 Å². The first kappa shape index (κ1) is 22.1. The van der Waals surface area contributed by atoms with Crippen molar-refractivity contribution in [2.45, 2.75) is 32.6 Å². The van der Waals surface area contributed by atoms with E-state index in [1.165, 1.54) is 27.8 Å². The molecule has 2 saturated heterocycles. The Morgan fingerprint density at radius 3 is 2.76 bits per heavy atom. The van der Waals surface area contributed by atoms with Crippen LogP contribution in [0.3, 0.4) is 0 Å². The van der Waals surface area contributed by atoms with E-state index in [0.717, 1.165) is 64.3 Å². The quantitative estimate of drug-likeness (QED) is 0.638. The molecule has 0 aliphatic carbocycles. The minimum Gasteiger partial charge on any atom is -0.379 e. The number of H-pyrrole nitrogens is 1. The highest BCUT2D eigenvalue weighted by Crippen LogP contribution is 2.39. The molecule has 2 fully saturated rings. The van der Waals surface area contributed by atoms with Crippen LogP contribution in [-0.4, -0.2) is 71.6 Å². The number of aromatic nitrogens is 2. The van der Waals surface area contributed by atoms with Gasteiger partial charge in [-0.3, -0.25) is 14.7 Å². The van der Waals surface area contributed by atoms with Gasteiger partial charge < -0.3 is 14.6 Å². The molecular formula is C27H34N4O2. The van der Waals surface area contributed by atoms with Crippen LogP contribution in [0, 0.1) is 12.8 Å². The van der Waals surface area contributed by atoms with Crippen molar-refractivity contribution in [2.75, 3.05) is 45.9 Å². The molecule has 2 aliphatic heterocycles. The lowest BCUT2D eigenvalue weighted by atomic mass is 9.89. The number of pyridine rings is 1. The average molecular weight is 447 g/mol. The van der Waals surface area contributed by atoms with Gasteiger partial charge in [0.25, 0.3) is 0 Å². The number of hydrogen-bond donors (Lipinski definition) is 1. The Kier molecular flexibility index (Phi) is 6.47. The van der Waals surface area contributed by atoms with Gasteiger partial charge in [-0.15, -0.1) is 0 Å². The number of carbonyl (C=O) groups excluding carboxylic acids is 1. The molecule has 0 radical (unpaired) electrons. The van der Waals surface area contributed by atoms with E-state index >= 15 is 0 Å². The molecule has 33 heavy (non-hydrogen) atoms. The lowest BCUT2D eigenvalue weighted by Gasteiger charge is -2.36. The third-order valence-electron chi connectivity index (χ3n) is 7.15. The summed E-state index contributed by atoms with van der Waals surface area (Å²) in [6, 6.07) is 10.8. The van der Waals surface area contributed by atoms with Crippen LogP contribution >= 0.6 is 0 Å². The standard InChI is InChI=1S/C27H34N4O2/c1-19-5-6-24-23(16-19)25(21-7-9-28-10-8-21)26(29-24)22-4-3-11-31(18-22)27(32)20(2)17-30-12-14-33-15-13-30/h5-10,16,20,22,29H,3-4,11-15,17-18H2,1-2H3/t20-,22+/m0/s1. The summed E-state index contributed by atoms with van der Waals surface area (Å²) >= 11 is 0. The van der Waals surface area contributed by atoms with E-state index in [0.29, 0.717) is 5.92 Å². The van der Waals surface area contributed by atoms with E-state index in [9.17, 15) is 4.79 Å². The molecule has 174 valence electrons. The largest absolute Gasteiger partial charge is 0.379 e. The number of rotatable bonds is 5. The molecule has 4 heterocycles. The highest BCUT2D eigenvalue weighted by atomic mass is 16.5. The minimum atomic E-state index is 0.00637. The van der Waals surface area contributed by atoms with Crippen LogP contribution in [0.25, 0.3) is 22.0 Å². The van der Waals surface area contributed by atoms with Crippen LogP contribution < -0.4 is 0 Å². The molecule has 6 heteroatoms. The maximum atomic E-state index is 13.4. The first-order valence-electron chi connectivity index (χ1n) is 12.2. The second-order valence-electron chi connectivity index (χ2n) is 9.64. The fourth-order valence-electron chi connectivity index (χ4n) is 5.44. The maximum Gasteiger partial charge on any atom is 0.226 e. The van der Waals surface area contributed by atoms with Crippen molar-refractivity contribution in [3.05, 3.63) is 54.0 Å². The second-order valence-corrected chi connectivity index (χ2v) is 9.64. The zero-order chi connectivity index (χ0) is 22.8. The van der Waals surface area contributed by atoms with Crippen LogP contribution in [0.2, 0.25) is 0 Å². The maximum absolute atomic E-state index is 13.4. The Hall–Kier alpha value is -2.70. The molecule has 0 unspecified atom stereocenters. The van der Waals surface area contributed by atoms with Crippen LogP contribution in [0.15, 0.2) is 42.7 Å². The van der Waals surface area contributed by atoms with Crippen molar-refractivity contribution < 1.29 is 9.53 Å². The van der Waals surface area contributed by atoms with Crippen LogP contribution in [0.5, 0.6) is 0 Å². The lowest BCUT2D eigenvalue weighted by Crippen LogP contribution is -2.46. The van der Waals surface area contributed by atoms with E-state index in [-0.39, 0.29) is 11.8 Å². The van der Waals surface area contributed by atoms with Gasteiger partial charge in [-0.1, -0.05) is 18.6 Å². The molecule has 2 atom stereocenters. The summed E-state index contributed by atoms with van der Waals surface area (Å²) in [5, 5.41) is 1.25. The van der Waals surface area contributed by atoms with Crippen LogP contribution in [-0.2, 0) is 9.53 Å². The van der Waals surface area contributed by atoms with Crippen molar-refractivity contribution in [1.29, 1.82) is 0 Å². The van der Waals surface area contributed by atoms with Crippen LogP contribution in [0.4, 0.5) is 0 Å². The van der Waals surface area contributed by atoms with Gasteiger partial charge in [0.1, 0.15) is 0 Å². The zero-order valence-corrected chi connectivity index (χ0v) is 19.7. The number of hydrogen-bond acceptors (Lipinski definition) is 4. The molecule has 1 amide bonds. The summed E-state index contributed by atoms with van der Waals surface area (Å²) in [7, 11) is 0.